The minimum absolute atomic E-state index is 0.0243. The molecular weight excluding hydrogens is 311 g/mol. The van der Waals surface area contributed by atoms with Crippen LogP contribution in [0.1, 0.15) is 24.9 Å². The molecule has 0 aliphatic carbocycles. The van der Waals surface area contributed by atoms with Gasteiger partial charge in [-0.2, -0.15) is 0 Å². The lowest BCUT2D eigenvalue weighted by atomic mass is 10.0. The summed E-state index contributed by atoms with van der Waals surface area (Å²) in [4.78, 5) is 10.5. The van der Waals surface area contributed by atoms with E-state index in [0.29, 0.717) is 5.25 Å². The second-order valence-corrected chi connectivity index (χ2v) is 7.54. The van der Waals surface area contributed by atoms with E-state index in [4.69, 9.17) is 0 Å². The van der Waals surface area contributed by atoms with Crippen molar-refractivity contribution in [3.63, 3.8) is 0 Å². The average Bonchev–Trinajstić information content (AvgIpc) is 2.88. The number of hydrogen-bond acceptors (Lipinski definition) is 5. The molecule has 0 saturated heterocycles. The molecule has 1 unspecified atom stereocenters. The van der Waals surface area contributed by atoms with Crippen molar-refractivity contribution < 1.29 is 9.31 Å². The van der Waals surface area contributed by atoms with Gasteiger partial charge in [-0.3, -0.25) is 10.1 Å². The summed E-state index contributed by atoms with van der Waals surface area (Å²) in [6.07, 6.45) is 0.805. The summed E-state index contributed by atoms with van der Waals surface area (Å²) in [5.41, 5.74) is 0.849. The Morgan fingerprint density at radius 1 is 1.43 bits per heavy atom. The van der Waals surface area contributed by atoms with Crippen LogP contribution < -0.4 is 5.32 Å². The third kappa shape index (κ3) is 2.75. The Bertz CT molecular complexity index is 689. The first kappa shape index (κ1) is 14.3. The fourth-order valence-electron chi connectivity index (χ4n) is 2.47. The van der Waals surface area contributed by atoms with Crippen LogP contribution in [-0.4, -0.2) is 10.2 Å². The summed E-state index contributed by atoms with van der Waals surface area (Å²) < 4.78 is 15.2. The molecule has 2 aromatic rings. The maximum atomic E-state index is 14.0. The van der Waals surface area contributed by atoms with E-state index < -0.39 is 10.7 Å². The molecule has 110 valence electrons. The van der Waals surface area contributed by atoms with Gasteiger partial charge in [0.05, 0.1) is 15.2 Å². The first-order chi connectivity index (χ1) is 10.1. The topological polar surface area (TPSA) is 55.2 Å². The zero-order valence-corrected chi connectivity index (χ0v) is 12.8. The summed E-state index contributed by atoms with van der Waals surface area (Å²) in [6, 6.07) is 5.82. The molecule has 0 radical (unpaired) electrons. The highest BCUT2D eigenvalue weighted by molar-refractivity contribution is 8.01. The lowest BCUT2D eigenvalue weighted by molar-refractivity contribution is -0.384. The molecule has 0 saturated carbocycles. The van der Waals surface area contributed by atoms with Crippen LogP contribution in [-0.2, 0) is 0 Å². The van der Waals surface area contributed by atoms with Crippen LogP contribution in [0.3, 0.4) is 0 Å². The van der Waals surface area contributed by atoms with Gasteiger partial charge in [0.15, 0.2) is 5.82 Å². The second-order valence-electron chi connectivity index (χ2n) is 4.92. The van der Waals surface area contributed by atoms with Gasteiger partial charge in [0.2, 0.25) is 0 Å². The zero-order valence-electron chi connectivity index (χ0n) is 11.2. The number of fused-ring (bicyclic) bond motifs is 1. The first-order valence-corrected chi connectivity index (χ1v) is 8.25. The number of benzene rings is 1. The molecule has 7 heteroatoms. The van der Waals surface area contributed by atoms with Crippen LogP contribution in [0.25, 0.3) is 0 Å². The van der Waals surface area contributed by atoms with Crippen molar-refractivity contribution in [2.24, 2.45) is 0 Å². The van der Waals surface area contributed by atoms with Crippen LogP contribution in [0, 0.1) is 15.9 Å². The maximum Gasteiger partial charge on any atom is 0.295 e. The number of hydrogen-bond donors (Lipinski definition) is 1. The minimum Gasteiger partial charge on any atom is -0.370 e. The van der Waals surface area contributed by atoms with E-state index in [0.717, 1.165) is 12.0 Å². The molecule has 1 aromatic carbocycles. The molecule has 21 heavy (non-hydrogen) atoms. The zero-order chi connectivity index (χ0) is 15.0. The Kier molecular flexibility index (Phi) is 3.86. The molecule has 1 N–H and O–H groups in total. The van der Waals surface area contributed by atoms with Crippen molar-refractivity contribution in [3.05, 3.63) is 51.1 Å². The smallest absolute Gasteiger partial charge is 0.295 e. The largest absolute Gasteiger partial charge is 0.370 e. The maximum absolute atomic E-state index is 14.0. The molecule has 1 aliphatic heterocycles. The summed E-state index contributed by atoms with van der Waals surface area (Å²) >= 11 is 3.45. The fourth-order valence-corrected chi connectivity index (χ4v) is 5.03. The molecule has 0 bridgehead atoms. The SMILES string of the molecule is C[C@H]1CC(Nc2c(F)cccc2[N+](=O)[O-])c2ccsc2S1. The van der Waals surface area contributed by atoms with Crippen LogP contribution in [0.15, 0.2) is 33.9 Å². The van der Waals surface area contributed by atoms with E-state index >= 15 is 0 Å². The van der Waals surface area contributed by atoms with E-state index in [1.807, 2.05) is 11.4 Å². The Hall–Kier alpha value is -1.60. The standard InChI is InChI=1S/C14H13FN2O2S2/c1-8-7-11(9-5-6-20-14(9)21-8)16-13-10(15)3-2-4-12(13)17(18)19/h2-6,8,11,16H,7H2,1H3/t8-,11?/m0/s1. The third-order valence-corrected chi connectivity index (χ3v) is 5.76. The van der Waals surface area contributed by atoms with Crippen LogP contribution in [0.5, 0.6) is 0 Å². The highest BCUT2D eigenvalue weighted by atomic mass is 32.2. The number of nitro benzene ring substituents is 1. The van der Waals surface area contributed by atoms with Gasteiger partial charge in [-0.25, -0.2) is 4.39 Å². The molecule has 1 aromatic heterocycles. The predicted molar refractivity (Wildman–Crippen MR) is 83.7 cm³/mol. The van der Waals surface area contributed by atoms with Gasteiger partial charge in [0.1, 0.15) is 5.69 Å². The van der Waals surface area contributed by atoms with Gasteiger partial charge in [-0.1, -0.05) is 13.0 Å². The molecule has 2 atom stereocenters. The van der Waals surface area contributed by atoms with Crippen molar-refractivity contribution in [2.75, 3.05) is 5.32 Å². The molecule has 0 amide bonds. The van der Waals surface area contributed by atoms with Gasteiger partial charge in [-0.05, 0) is 29.5 Å². The minimum atomic E-state index is -0.591. The molecule has 4 nitrogen and oxygen atoms in total. The van der Waals surface area contributed by atoms with Gasteiger partial charge < -0.3 is 5.32 Å². The van der Waals surface area contributed by atoms with Gasteiger partial charge in [0, 0.05) is 11.3 Å². The van der Waals surface area contributed by atoms with E-state index in [1.54, 1.807) is 23.1 Å². The van der Waals surface area contributed by atoms with Gasteiger partial charge >= 0.3 is 0 Å². The number of halogens is 1. The van der Waals surface area contributed by atoms with Crippen molar-refractivity contribution >= 4 is 34.5 Å². The number of nitrogens with zero attached hydrogens (tertiary/aromatic N) is 1. The number of rotatable bonds is 3. The van der Waals surface area contributed by atoms with E-state index in [-0.39, 0.29) is 17.4 Å². The molecule has 3 rings (SSSR count). The summed E-state index contributed by atoms with van der Waals surface area (Å²) in [7, 11) is 0. The molecular formula is C14H13FN2O2S2. The van der Waals surface area contributed by atoms with Crippen molar-refractivity contribution in [2.45, 2.75) is 28.8 Å². The monoisotopic (exact) mass is 324 g/mol. The highest BCUT2D eigenvalue weighted by Gasteiger charge is 2.29. The Labute approximate surface area is 129 Å². The molecule has 1 aliphatic rings. The van der Waals surface area contributed by atoms with E-state index in [2.05, 4.69) is 12.2 Å². The van der Waals surface area contributed by atoms with E-state index in [1.165, 1.54) is 22.4 Å². The highest BCUT2D eigenvalue weighted by Crippen LogP contribution is 2.45. The summed E-state index contributed by atoms with van der Waals surface area (Å²) in [5.74, 6) is -0.591. The molecule has 0 fully saturated rings. The Morgan fingerprint density at radius 2 is 2.24 bits per heavy atom. The lowest BCUT2D eigenvalue weighted by Crippen LogP contribution is -2.20. The second kappa shape index (κ2) is 5.65. The van der Waals surface area contributed by atoms with Crippen LogP contribution in [0.4, 0.5) is 15.8 Å². The quantitative estimate of drug-likeness (QED) is 0.649. The molecule has 0 spiro atoms. The third-order valence-electron chi connectivity index (χ3n) is 3.42. The first-order valence-electron chi connectivity index (χ1n) is 6.49. The number of nitro groups is 1. The number of anilines is 1. The number of nitrogens with one attached hydrogen (secondary N) is 1. The van der Waals surface area contributed by atoms with E-state index in [9.17, 15) is 14.5 Å². The number of thiophene rings is 1. The van der Waals surface area contributed by atoms with Crippen molar-refractivity contribution in [1.29, 1.82) is 0 Å². The van der Waals surface area contributed by atoms with Crippen molar-refractivity contribution in [1.82, 2.24) is 0 Å². The Balaban J connectivity index is 1.97. The predicted octanol–water partition coefficient (Wildman–Crippen LogP) is 4.83. The van der Waals surface area contributed by atoms with Crippen molar-refractivity contribution in [3.8, 4) is 0 Å². The molecule has 2 heterocycles. The summed E-state index contributed by atoms with van der Waals surface area (Å²) in [5, 5.41) is 16.5. The van der Waals surface area contributed by atoms with Crippen LogP contribution in [0.2, 0.25) is 0 Å². The number of thioether (sulfide) groups is 1. The summed E-state index contributed by atoms with van der Waals surface area (Å²) in [6.45, 7) is 2.11. The number of para-hydroxylation sites is 1. The lowest BCUT2D eigenvalue weighted by Gasteiger charge is -2.28. The average molecular weight is 324 g/mol. The van der Waals surface area contributed by atoms with Gasteiger partial charge in [0.25, 0.3) is 5.69 Å². The normalized spacial score (nSPS) is 20.9. The van der Waals surface area contributed by atoms with Gasteiger partial charge in [-0.15, -0.1) is 23.1 Å². The van der Waals surface area contributed by atoms with Crippen LogP contribution >= 0.6 is 23.1 Å². The Morgan fingerprint density at radius 3 is 3.00 bits per heavy atom. The fraction of sp³-hybridized carbons (Fsp3) is 0.286.